The van der Waals surface area contributed by atoms with E-state index in [0.717, 1.165) is 5.46 Å². The summed E-state index contributed by atoms with van der Waals surface area (Å²) in [4.78, 5) is 14.1. The molecular formula is C19H28BNO5. The second-order valence-corrected chi connectivity index (χ2v) is 8.80. The maximum absolute atomic E-state index is 12.5. The van der Waals surface area contributed by atoms with E-state index in [9.17, 15) is 4.79 Å². The van der Waals surface area contributed by atoms with Gasteiger partial charge in [-0.1, -0.05) is 6.07 Å². The zero-order valence-corrected chi connectivity index (χ0v) is 16.7. The van der Waals surface area contributed by atoms with Gasteiger partial charge in [0, 0.05) is 0 Å². The predicted molar refractivity (Wildman–Crippen MR) is 101 cm³/mol. The van der Waals surface area contributed by atoms with Crippen molar-refractivity contribution < 1.29 is 23.6 Å². The lowest BCUT2D eigenvalue weighted by Gasteiger charge is -2.32. The number of hydrogen-bond donors (Lipinski definition) is 0. The summed E-state index contributed by atoms with van der Waals surface area (Å²) in [7, 11) is -0.467. The fourth-order valence-electron chi connectivity index (χ4n) is 2.87. The van der Waals surface area contributed by atoms with Gasteiger partial charge in [-0.05, 0) is 66.1 Å². The fourth-order valence-corrected chi connectivity index (χ4v) is 2.87. The van der Waals surface area contributed by atoms with E-state index in [1.54, 1.807) is 4.90 Å². The first-order chi connectivity index (χ1) is 11.9. The maximum atomic E-state index is 12.5. The summed E-state index contributed by atoms with van der Waals surface area (Å²) >= 11 is 0. The van der Waals surface area contributed by atoms with Crippen molar-refractivity contribution in [1.29, 1.82) is 0 Å². The predicted octanol–water partition coefficient (Wildman–Crippen LogP) is 3.12. The molecule has 0 unspecified atom stereocenters. The highest BCUT2D eigenvalue weighted by molar-refractivity contribution is 6.62. The van der Waals surface area contributed by atoms with Crippen molar-refractivity contribution in [1.82, 2.24) is 0 Å². The third-order valence-electron chi connectivity index (χ3n) is 4.99. The molecule has 2 aliphatic heterocycles. The largest absolute Gasteiger partial charge is 0.494 e. The van der Waals surface area contributed by atoms with Gasteiger partial charge < -0.3 is 18.8 Å². The van der Waals surface area contributed by atoms with E-state index in [4.69, 9.17) is 18.8 Å². The van der Waals surface area contributed by atoms with Crippen molar-refractivity contribution in [2.24, 2.45) is 0 Å². The average Bonchev–Trinajstić information content (AvgIpc) is 2.72. The molecule has 142 valence electrons. The van der Waals surface area contributed by atoms with Gasteiger partial charge in [0.25, 0.3) is 0 Å². The maximum Gasteiger partial charge on any atom is 0.494 e. The van der Waals surface area contributed by atoms with Crippen molar-refractivity contribution in [3.05, 3.63) is 18.2 Å². The Kier molecular flexibility index (Phi) is 4.52. The number of amides is 1. The van der Waals surface area contributed by atoms with Gasteiger partial charge in [-0.3, -0.25) is 4.90 Å². The third-order valence-corrected chi connectivity index (χ3v) is 4.99. The molecule has 1 aromatic carbocycles. The summed E-state index contributed by atoms with van der Waals surface area (Å²) in [5.41, 5.74) is 0.214. The number of carbonyl (C=O) groups is 1. The fraction of sp³-hybridized carbons (Fsp3) is 0.632. The Balaban J connectivity index is 1.84. The van der Waals surface area contributed by atoms with Gasteiger partial charge in [-0.25, -0.2) is 4.79 Å². The van der Waals surface area contributed by atoms with Crippen LogP contribution >= 0.6 is 0 Å². The van der Waals surface area contributed by atoms with E-state index >= 15 is 0 Å². The smallest absolute Gasteiger partial charge is 0.490 e. The molecule has 6 nitrogen and oxygen atoms in total. The minimum atomic E-state index is -0.543. The highest BCUT2D eigenvalue weighted by Gasteiger charge is 2.51. The summed E-state index contributed by atoms with van der Waals surface area (Å²) in [6.45, 7) is 14.5. The van der Waals surface area contributed by atoms with Crippen LogP contribution < -0.4 is 15.1 Å². The molecule has 7 heteroatoms. The first-order valence-electron chi connectivity index (χ1n) is 9.02. The Labute approximate surface area is 155 Å². The summed E-state index contributed by atoms with van der Waals surface area (Å²) in [5, 5.41) is 0. The Morgan fingerprint density at radius 1 is 1.15 bits per heavy atom. The van der Waals surface area contributed by atoms with Crippen LogP contribution in [0.5, 0.6) is 5.75 Å². The minimum absolute atomic E-state index is 0.370. The lowest BCUT2D eigenvalue weighted by atomic mass is 9.79. The summed E-state index contributed by atoms with van der Waals surface area (Å²) in [5.74, 6) is 0.634. The quantitative estimate of drug-likeness (QED) is 0.720. The van der Waals surface area contributed by atoms with E-state index in [0.29, 0.717) is 24.6 Å². The number of nitrogens with zero attached hydrogens (tertiary/aromatic N) is 1. The molecule has 1 fully saturated rings. The topological polar surface area (TPSA) is 57.2 Å². The lowest BCUT2D eigenvalue weighted by Crippen LogP contribution is -2.42. The first-order valence-corrected chi connectivity index (χ1v) is 9.02. The normalized spacial score (nSPS) is 21.2. The number of hydrogen-bond acceptors (Lipinski definition) is 5. The highest BCUT2D eigenvalue weighted by atomic mass is 16.7. The Bertz CT molecular complexity index is 694. The zero-order valence-electron chi connectivity index (χ0n) is 16.7. The van der Waals surface area contributed by atoms with Gasteiger partial charge in [0.15, 0.2) is 0 Å². The number of benzene rings is 1. The van der Waals surface area contributed by atoms with Crippen LogP contribution in [0.25, 0.3) is 0 Å². The van der Waals surface area contributed by atoms with E-state index in [1.807, 2.05) is 66.7 Å². The van der Waals surface area contributed by atoms with Crippen LogP contribution in [-0.4, -0.2) is 43.2 Å². The van der Waals surface area contributed by atoms with Crippen molar-refractivity contribution in [3.63, 3.8) is 0 Å². The Morgan fingerprint density at radius 2 is 1.77 bits per heavy atom. The van der Waals surface area contributed by atoms with Gasteiger partial charge in [-0.2, -0.15) is 0 Å². The van der Waals surface area contributed by atoms with Crippen LogP contribution in [0.15, 0.2) is 18.2 Å². The van der Waals surface area contributed by atoms with Gasteiger partial charge >= 0.3 is 13.2 Å². The van der Waals surface area contributed by atoms with Crippen molar-refractivity contribution in [2.75, 3.05) is 18.1 Å². The molecule has 0 saturated carbocycles. The molecule has 0 bridgehead atoms. The average molecular weight is 361 g/mol. The van der Waals surface area contributed by atoms with Crippen molar-refractivity contribution >= 4 is 24.4 Å². The van der Waals surface area contributed by atoms with Crippen LogP contribution in [0.1, 0.15) is 48.5 Å². The molecule has 0 aromatic heterocycles. The zero-order chi connectivity index (χ0) is 19.3. The molecule has 0 radical (unpaired) electrons. The highest BCUT2D eigenvalue weighted by Crippen LogP contribution is 2.38. The monoisotopic (exact) mass is 361 g/mol. The summed E-state index contributed by atoms with van der Waals surface area (Å²) < 4.78 is 23.5. The Hall–Kier alpha value is -1.73. The standard InChI is InChI=1S/C19H28BNO5/c1-17(2,3)24-16(22)21-10-11-23-15-12-13(8-9-14(15)21)20-25-18(4,5)19(6,7)26-20/h8-9,12H,10-11H2,1-7H3. The second-order valence-electron chi connectivity index (χ2n) is 8.80. The van der Waals surface area contributed by atoms with Gasteiger partial charge in [0.05, 0.1) is 23.4 Å². The van der Waals surface area contributed by atoms with E-state index < -0.39 is 23.9 Å². The lowest BCUT2D eigenvalue weighted by molar-refractivity contribution is 0.00578. The van der Waals surface area contributed by atoms with Gasteiger partial charge in [0.1, 0.15) is 18.0 Å². The summed E-state index contributed by atoms with van der Waals surface area (Å²) in [6, 6.07) is 5.65. The van der Waals surface area contributed by atoms with Crippen molar-refractivity contribution in [3.8, 4) is 5.75 Å². The molecule has 0 atom stereocenters. The number of anilines is 1. The van der Waals surface area contributed by atoms with Gasteiger partial charge in [0.2, 0.25) is 0 Å². The van der Waals surface area contributed by atoms with Crippen molar-refractivity contribution in [2.45, 2.75) is 65.3 Å². The number of ether oxygens (including phenoxy) is 2. The Morgan fingerprint density at radius 3 is 2.35 bits per heavy atom. The van der Waals surface area contributed by atoms with Crippen LogP contribution in [-0.2, 0) is 14.0 Å². The molecule has 0 aliphatic carbocycles. The summed E-state index contributed by atoms with van der Waals surface area (Å²) in [6.07, 6.45) is -0.370. The molecule has 26 heavy (non-hydrogen) atoms. The molecule has 1 saturated heterocycles. The number of fused-ring (bicyclic) bond motifs is 1. The molecule has 3 rings (SSSR count). The minimum Gasteiger partial charge on any atom is -0.490 e. The number of rotatable bonds is 1. The molecule has 2 aliphatic rings. The molecule has 1 aromatic rings. The second kappa shape index (κ2) is 6.17. The number of carbonyl (C=O) groups excluding carboxylic acids is 1. The van der Waals surface area contributed by atoms with Crippen LogP contribution in [0.3, 0.4) is 0 Å². The van der Waals surface area contributed by atoms with Crippen LogP contribution in [0, 0.1) is 0 Å². The SMILES string of the molecule is CC(C)(C)OC(=O)N1CCOc2cc(B3OC(C)(C)C(C)(C)O3)ccc21. The van der Waals surface area contributed by atoms with Crippen LogP contribution in [0.4, 0.5) is 10.5 Å². The van der Waals surface area contributed by atoms with E-state index in [1.165, 1.54) is 0 Å². The molecule has 2 heterocycles. The first kappa shape index (κ1) is 19.0. The van der Waals surface area contributed by atoms with E-state index in [2.05, 4.69) is 0 Å². The third kappa shape index (κ3) is 3.55. The molecular weight excluding hydrogens is 333 g/mol. The van der Waals surface area contributed by atoms with Crippen LogP contribution in [0.2, 0.25) is 0 Å². The molecule has 0 N–H and O–H groups in total. The molecule has 0 spiro atoms. The molecule has 1 amide bonds. The van der Waals surface area contributed by atoms with Gasteiger partial charge in [-0.15, -0.1) is 0 Å². The van der Waals surface area contributed by atoms with E-state index in [-0.39, 0.29) is 6.09 Å².